The molecule has 0 aliphatic heterocycles. The van der Waals surface area contributed by atoms with Crippen molar-refractivity contribution in [2.24, 2.45) is 0 Å². The summed E-state index contributed by atoms with van der Waals surface area (Å²) < 4.78 is 5.38. The summed E-state index contributed by atoms with van der Waals surface area (Å²) >= 11 is 0. The van der Waals surface area contributed by atoms with E-state index in [1.807, 2.05) is 25.1 Å². The number of hydrogen-bond acceptors (Lipinski definition) is 3. The normalized spacial score (nSPS) is 10.8. The van der Waals surface area contributed by atoms with E-state index in [1.165, 1.54) is 5.56 Å². The van der Waals surface area contributed by atoms with E-state index in [1.54, 1.807) is 19.5 Å². The third-order valence-corrected chi connectivity index (χ3v) is 2.89. The summed E-state index contributed by atoms with van der Waals surface area (Å²) in [4.78, 5) is 11.9. The molecule has 0 fully saturated rings. The molecule has 4 nitrogen and oxygen atoms in total. The van der Waals surface area contributed by atoms with Crippen molar-refractivity contribution in [1.82, 2.24) is 15.0 Å². The van der Waals surface area contributed by atoms with Crippen LogP contribution in [0.5, 0.6) is 5.75 Å². The maximum absolute atomic E-state index is 5.38. The quantitative estimate of drug-likeness (QED) is 0.748. The third kappa shape index (κ3) is 1.72. The second kappa shape index (κ2) is 4.14. The number of benzene rings is 1. The van der Waals surface area contributed by atoms with E-state index in [2.05, 4.69) is 21.0 Å². The van der Waals surface area contributed by atoms with Crippen LogP contribution in [0, 0.1) is 6.92 Å². The molecule has 18 heavy (non-hydrogen) atoms. The summed E-state index contributed by atoms with van der Waals surface area (Å²) in [5.41, 5.74) is 3.97. The van der Waals surface area contributed by atoms with Crippen molar-refractivity contribution < 1.29 is 4.74 Å². The van der Waals surface area contributed by atoms with Crippen LogP contribution in [0.4, 0.5) is 0 Å². The Balaban J connectivity index is 2.22. The Kier molecular flexibility index (Phi) is 2.48. The van der Waals surface area contributed by atoms with Gasteiger partial charge in [0.15, 0.2) is 0 Å². The fourth-order valence-electron chi connectivity index (χ4n) is 1.99. The summed E-state index contributed by atoms with van der Waals surface area (Å²) in [7, 11) is 1.67. The van der Waals surface area contributed by atoms with Gasteiger partial charge in [0.25, 0.3) is 0 Å². The maximum Gasteiger partial charge on any atom is 0.142 e. The molecular weight excluding hydrogens is 226 g/mol. The number of imidazole rings is 1. The number of nitrogens with zero attached hydrogens (tertiary/aromatic N) is 2. The molecule has 90 valence electrons. The van der Waals surface area contributed by atoms with Gasteiger partial charge in [0.2, 0.25) is 0 Å². The van der Waals surface area contributed by atoms with Crippen LogP contribution in [0.15, 0.2) is 36.7 Å². The fourth-order valence-corrected chi connectivity index (χ4v) is 1.99. The molecule has 0 aliphatic rings. The molecule has 0 amide bonds. The first-order valence-corrected chi connectivity index (χ1v) is 5.72. The molecule has 2 aromatic heterocycles. The van der Waals surface area contributed by atoms with Crippen LogP contribution in [-0.2, 0) is 0 Å². The van der Waals surface area contributed by atoms with Crippen LogP contribution >= 0.6 is 0 Å². The molecule has 0 aliphatic carbocycles. The van der Waals surface area contributed by atoms with Gasteiger partial charge in [0, 0.05) is 6.20 Å². The molecule has 3 rings (SSSR count). The SMILES string of the molecule is COc1ccc(C)cc1-c1nc2ccncc2[nH]1. The molecule has 0 atom stereocenters. The lowest BCUT2D eigenvalue weighted by Crippen LogP contribution is -1.90. The van der Waals surface area contributed by atoms with E-state index in [0.717, 1.165) is 28.2 Å². The summed E-state index contributed by atoms with van der Waals surface area (Å²) in [6, 6.07) is 7.92. The Morgan fingerprint density at radius 1 is 1.22 bits per heavy atom. The highest BCUT2D eigenvalue weighted by molar-refractivity contribution is 5.79. The smallest absolute Gasteiger partial charge is 0.142 e. The van der Waals surface area contributed by atoms with Gasteiger partial charge in [0.1, 0.15) is 11.6 Å². The topological polar surface area (TPSA) is 50.8 Å². The van der Waals surface area contributed by atoms with Crippen LogP contribution in [0.2, 0.25) is 0 Å². The largest absolute Gasteiger partial charge is 0.496 e. The first-order chi connectivity index (χ1) is 8.78. The lowest BCUT2D eigenvalue weighted by Gasteiger charge is -2.06. The summed E-state index contributed by atoms with van der Waals surface area (Å²) in [5.74, 6) is 1.62. The molecule has 0 bridgehead atoms. The van der Waals surface area contributed by atoms with Crippen molar-refractivity contribution in [1.29, 1.82) is 0 Å². The third-order valence-electron chi connectivity index (χ3n) is 2.89. The van der Waals surface area contributed by atoms with Crippen molar-refractivity contribution in [2.45, 2.75) is 6.92 Å². The number of aryl methyl sites for hydroxylation is 1. The highest BCUT2D eigenvalue weighted by Gasteiger charge is 2.10. The van der Waals surface area contributed by atoms with E-state index in [9.17, 15) is 0 Å². The van der Waals surface area contributed by atoms with E-state index < -0.39 is 0 Å². The molecule has 3 aromatic rings. The highest BCUT2D eigenvalue weighted by atomic mass is 16.5. The number of hydrogen-bond donors (Lipinski definition) is 1. The van der Waals surface area contributed by atoms with Crippen LogP contribution in [0.3, 0.4) is 0 Å². The van der Waals surface area contributed by atoms with Gasteiger partial charge in [-0.1, -0.05) is 11.6 Å². The van der Waals surface area contributed by atoms with Gasteiger partial charge in [0.05, 0.1) is 29.9 Å². The lowest BCUT2D eigenvalue weighted by molar-refractivity contribution is 0.416. The average molecular weight is 239 g/mol. The number of aromatic amines is 1. The number of fused-ring (bicyclic) bond motifs is 1. The Morgan fingerprint density at radius 3 is 2.89 bits per heavy atom. The van der Waals surface area contributed by atoms with Crippen LogP contribution in [0.1, 0.15) is 5.56 Å². The van der Waals surface area contributed by atoms with Gasteiger partial charge in [-0.3, -0.25) is 4.98 Å². The van der Waals surface area contributed by atoms with Gasteiger partial charge in [-0.05, 0) is 25.1 Å². The van der Waals surface area contributed by atoms with Gasteiger partial charge >= 0.3 is 0 Å². The van der Waals surface area contributed by atoms with Gasteiger partial charge in [-0.25, -0.2) is 4.98 Å². The Labute approximate surface area is 105 Å². The fraction of sp³-hybridized carbons (Fsp3) is 0.143. The highest BCUT2D eigenvalue weighted by Crippen LogP contribution is 2.29. The van der Waals surface area contributed by atoms with Crippen molar-refractivity contribution in [3.05, 3.63) is 42.2 Å². The number of rotatable bonds is 2. The van der Waals surface area contributed by atoms with Crippen molar-refractivity contribution in [3.8, 4) is 17.1 Å². The molecule has 0 saturated heterocycles. The molecule has 0 saturated carbocycles. The zero-order valence-corrected chi connectivity index (χ0v) is 10.3. The minimum Gasteiger partial charge on any atom is -0.496 e. The molecule has 0 radical (unpaired) electrons. The summed E-state index contributed by atoms with van der Waals surface area (Å²) in [6.07, 6.45) is 3.51. The first kappa shape index (κ1) is 10.8. The lowest BCUT2D eigenvalue weighted by atomic mass is 10.1. The second-order valence-corrected chi connectivity index (χ2v) is 4.18. The van der Waals surface area contributed by atoms with Crippen LogP contribution < -0.4 is 4.74 Å². The van der Waals surface area contributed by atoms with Gasteiger partial charge in [-0.15, -0.1) is 0 Å². The second-order valence-electron chi connectivity index (χ2n) is 4.18. The molecule has 4 heteroatoms. The minimum atomic E-state index is 0.804. The zero-order chi connectivity index (χ0) is 12.5. The predicted octanol–water partition coefficient (Wildman–Crippen LogP) is 2.94. The molecule has 0 spiro atoms. The number of aromatic nitrogens is 3. The Hall–Kier alpha value is -2.36. The summed E-state index contributed by atoms with van der Waals surface area (Å²) in [6.45, 7) is 2.05. The monoisotopic (exact) mass is 239 g/mol. The number of nitrogens with one attached hydrogen (secondary N) is 1. The van der Waals surface area contributed by atoms with Crippen molar-refractivity contribution >= 4 is 11.0 Å². The standard InChI is InChI=1S/C14H13N3O/c1-9-3-4-13(18-2)10(7-9)14-16-11-5-6-15-8-12(11)17-14/h3-8H,1-2H3,(H,16,17). The molecule has 1 aromatic carbocycles. The molecule has 0 unspecified atom stereocenters. The maximum atomic E-state index is 5.38. The van der Waals surface area contributed by atoms with Crippen LogP contribution in [0.25, 0.3) is 22.4 Å². The average Bonchev–Trinajstić information content (AvgIpc) is 2.82. The van der Waals surface area contributed by atoms with Gasteiger partial charge in [-0.2, -0.15) is 0 Å². The van der Waals surface area contributed by atoms with E-state index in [4.69, 9.17) is 4.74 Å². The summed E-state index contributed by atoms with van der Waals surface area (Å²) in [5, 5.41) is 0. The van der Waals surface area contributed by atoms with E-state index in [-0.39, 0.29) is 0 Å². The number of pyridine rings is 1. The predicted molar refractivity (Wildman–Crippen MR) is 70.6 cm³/mol. The Bertz CT molecular complexity index is 670. The minimum absolute atomic E-state index is 0.804. The Morgan fingerprint density at radius 2 is 2.11 bits per heavy atom. The van der Waals surface area contributed by atoms with E-state index >= 15 is 0 Å². The number of H-pyrrole nitrogens is 1. The van der Waals surface area contributed by atoms with Gasteiger partial charge < -0.3 is 9.72 Å². The zero-order valence-electron chi connectivity index (χ0n) is 10.3. The van der Waals surface area contributed by atoms with Crippen LogP contribution in [-0.4, -0.2) is 22.1 Å². The number of ether oxygens (including phenoxy) is 1. The van der Waals surface area contributed by atoms with E-state index in [0.29, 0.717) is 0 Å². The van der Waals surface area contributed by atoms with Crippen molar-refractivity contribution in [2.75, 3.05) is 7.11 Å². The number of methoxy groups -OCH3 is 1. The van der Waals surface area contributed by atoms with Crippen molar-refractivity contribution in [3.63, 3.8) is 0 Å². The molecule has 2 heterocycles. The molecule has 1 N–H and O–H groups in total. The molecular formula is C14H13N3O. The first-order valence-electron chi connectivity index (χ1n) is 5.72.